The van der Waals surface area contributed by atoms with E-state index in [1.807, 2.05) is 0 Å². The van der Waals surface area contributed by atoms with Crippen LogP contribution < -0.4 is 20.7 Å². The normalized spacial score (nSPS) is 25.2. The molecule has 0 saturated carbocycles. The van der Waals surface area contributed by atoms with E-state index in [2.05, 4.69) is 30.6 Å². The standard InChI is InChI=1S/C15H28N6O4S/c1-4-26(24,25)18-8-7-17-13(16-3)21-9-5-11(6-10-21)15(2)12(22)19-14(23)20-15/h11,18H,4-10H2,1-3H3,(H,16,17)(H2,19,20,22,23). The van der Waals surface area contributed by atoms with Gasteiger partial charge in [0.25, 0.3) is 5.91 Å². The van der Waals surface area contributed by atoms with Gasteiger partial charge in [-0.3, -0.25) is 15.1 Å². The van der Waals surface area contributed by atoms with E-state index in [-0.39, 0.29) is 24.1 Å². The molecule has 0 aliphatic carbocycles. The van der Waals surface area contributed by atoms with Crippen LogP contribution in [0.2, 0.25) is 0 Å². The number of hydrogen-bond acceptors (Lipinski definition) is 5. The maximum Gasteiger partial charge on any atom is 0.322 e. The summed E-state index contributed by atoms with van der Waals surface area (Å²) >= 11 is 0. The molecule has 148 valence electrons. The average Bonchev–Trinajstić information content (AvgIpc) is 2.88. The molecule has 2 fully saturated rings. The highest BCUT2D eigenvalue weighted by Crippen LogP contribution is 2.30. The highest BCUT2D eigenvalue weighted by Gasteiger charge is 2.48. The van der Waals surface area contributed by atoms with E-state index in [9.17, 15) is 18.0 Å². The van der Waals surface area contributed by atoms with Gasteiger partial charge in [0, 0.05) is 33.2 Å². The molecule has 3 amide bonds. The first-order valence-electron chi connectivity index (χ1n) is 8.78. The molecular formula is C15H28N6O4S. The zero-order chi connectivity index (χ0) is 19.4. The third-order valence-electron chi connectivity index (χ3n) is 5.00. The van der Waals surface area contributed by atoms with Crippen molar-refractivity contribution in [2.75, 3.05) is 39.0 Å². The molecule has 0 aromatic carbocycles. The van der Waals surface area contributed by atoms with Crippen LogP contribution in [0.15, 0.2) is 4.99 Å². The summed E-state index contributed by atoms with van der Waals surface area (Å²) < 4.78 is 25.3. The minimum Gasteiger partial charge on any atom is -0.355 e. The first-order chi connectivity index (χ1) is 12.2. The Morgan fingerprint density at radius 1 is 1.31 bits per heavy atom. The third kappa shape index (κ3) is 4.64. The van der Waals surface area contributed by atoms with Crippen molar-refractivity contribution in [2.24, 2.45) is 10.9 Å². The number of piperidine rings is 1. The molecule has 1 unspecified atom stereocenters. The second-order valence-electron chi connectivity index (χ2n) is 6.64. The van der Waals surface area contributed by atoms with E-state index < -0.39 is 21.6 Å². The van der Waals surface area contributed by atoms with Crippen molar-refractivity contribution < 1.29 is 18.0 Å². The minimum absolute atomic E-state index is 0.0537. The molecular weight excluding hydrogens is 360 g/mol. The Balaban J connectivity index is 1.82. The lowest BCUT2D eigenvalue weighted by Crippen LogP contribution is -2.55. The van der Waals surface area contributed by atoms with E-state index in [1.54, 1.807) is 20.9 Å². The maximum atomic E-state index is 12.1. The zero-order valence-electron chi connectivity index (χ0n) is 15.5. The van der Waals surface area contributed by atoms with Gasteiger partial charge in [-0.05, 0) is 32.6 Å². The van der Waals surface area contributed by atoms with E-state index in [0.29, 0.717) is 25.6 Å². The number of guanidine groups is 1. The van der Waals surface area contributed by atoms with Gasteiger partial charge in [-0.2, -0.15) is 0 Å². The molecule has 11 heteroatoms. The van der Waals surface area contributed by atoms with Crippen molar-refractivity contribution in [2.45, 2.75) is 32.2 Å². The second-order valence-corrected chi connectivity index (χ2v) is 8.74. The molecule has 0 aromatic rings. The zero-order valence-corrected chi connectivity index (χ0v) is 16.3. The lowest BCUT2D eigenvalue weighted by Gasteiger charge is -2.39. The molecule has 26 heavy (non-hydrogen) atoms. The Labute approximate surface area is 154 Å². The van der Waals surface area contributed by atoms with Gasteiger partial charge in [-0.25, -0.2) is 17.9 Å². The molecule has 4 N–H and O–H groups in total. The van der Waals surface area contributed by atoms with Crippen molar-refractivity contribution in [1.29, 1.82) is 0 Å². The Morgan fingerprint density at radius 2 is 1.96 bits per heavy atom. The van der Waals surface area contributed by atoms with Crippen LogP contribution in [0, 0.1) is 5.92 Å². The number of carbonyl (C=O) groups excluding carboxylic acids is 2. The Bertz CT molecular complexity index is 672. The molecule has 10 nitrogen and oxygen atoms in total. The number of imide groups is 1. The molecule has 2 saturated heterocycles. The lowest BCUT2D eigenvalue weighted by atomic mass is 9.79. The highest BCUT2D eigenvalue weighted by atomic mass is 32.2. The number of urea groups is 1. The van der Waals surface area contributed by atoms with Gasteiger partial charge in [0.1, 0.15) is 5.54 Å². The van der Waals surface area contributed by atoms with E-state index in [0.717, 1.165) is 12.8 Å². The number of rotatable bonds is 6. The molecule has 0 radical (unpaired) electrons. The molecule has 2 aliphatic rings. The summed E-state index contributed by atoms with van der Waals surface area (Å²) in [6, 6.07) is -0.438. The molecule has 1 atom stereocenters. The van der Waals surface area contributed by atoms with Crippen molar-refractivity contribution in [3.8, 4) is 0 Å². The van der Waals surface area contributed by atoms with Crippen LogP contribution in [-0.4, -0.2) is 75.7 Å². The first kappa shape index (κ1) is 20.4. The predicted molar refractivity (Wildman–Crippen MR) is 98.2 cm³/mol. The molecule has 2 rings (SSSR count). The minimum atomic E-state index is -3.20. The van der Waals surface area contributed by atoms with Gasteiger partial charge < -0.3 is 15.5 Å². The van der Waals surface area contributed by atoms with E-state index in [1.165, 1.54) is 0 Å². The van der Waals surface area contributed by atoms with Crippen molar-refractivity contribution in [3.05, 3.63) is 0 Å². The smallest absolute Gasteiger partial charge is 0.322 e. The van der Waals surface area contributed by atoms with Crippen LogP contribution in [-0.2, 0) is 14.8 Å². The Hall–Kier alpha value is -1.88. The van der Waals surface area contributed by atoms with Crippen LogP contribution in [0.4, 0.5) is 4.79 Å². The summed E-state index contributed by atoms with van der Waals surface area (Å²) in [7, 11) is -1.52. The molecule has 2 heterocycles. The van der Waals surface area contributed by atoms with Crippen LogP contribution in [0.5, 0.6) is 0 Å². The van der Waals surface area contributed by atoms with Gasteiger partial charge in [0.05, 0.1) is 5.75 Å². The number of sulfonamides is 1. The highest BCUT2D eigenvalue weighted by molar-refractivity contribution is 7.89. The van der Waals surface area contributed by atoms with Gasteiger partial charge in [-0.15, -0.1) is 0 Å². The van der Waals surface area contributed by atoms with Crippen LogP contribution >= 0.6 is 0 Å². The van der Waals surface area contributed by atoms with Crippen molar-refractivity contribution in [1.82, 2.24) is 25.6 Å². The number of hydrogen-bond donors (Lipinski definition) is 4. The SMILES string of the molecule is CCS(=O)(=O)NCCNC(=NC)N1CCC(C2(C)NC(=O)NC2=O)CC1. The number of likely N-dealkylation sites (tertiary alicyclic amines) is 1. The number of carbonyl (C=O) groups is 2. The van der Waals surface area contributed by atoms with Gasteiger partial charge in [0.15, 0.2) is 5.96 Å². The topological polar surface area (TPSA) is 132 Å². The number of nitrogens with one attached hydrogen (secondary N) is 4. The lowest BCUT2D eigenvalue weighted by molar-refractivity contribution is -0.125. The first-order valence-corrected chi connectivity index (χ1v) is 10.4. The van der Waals surface area contributed by atoms with E-state index >= 15 is 0 Å². The third-order valence-corrected chi connectivity index (χ3v) is 6.41. The molecule has 2 aliphatic heterocycles. The fraction of sp³-hybridized carbons (Fsp3) is 0.800. The monoisotopic (exact) mass is 388 g/mol. The van der Waals surface area contributed by atoms with Crippen molar-refractivity contribution >= 4 is 27.9 Å². The fourth-order valence-corrected chi connectivity index (χ4v) is 3.95. The molecule has 0 bridgehead atoms. The number of nitrogens with zero attached hydrogens (tertiary/aromatic N) is 2. The van der Waals surface area contributed by atoms with Gasteiger partial charge in [0.2, 0.25) is 10.0 Å². The van der Waals surface area contributed by atoms with E-state index in [4.69, 9.17) is 0 Å². The predicted octanol–water partition coefficient (Wildman–Crippen LogP) is -1.19. The Morgan fingerprint density at radius 3 is 2.46 bits per heavy atom. The summed E-state index contributed by atoms with van der Waals surface area (Å²) in [6.07, 6.45) is 1.49. The quantitative estimate of drug-likeness (QED) is 0.196. The summed E-state index contributed by atoms with van der Waals surface area (Å²) in [5.41, 5.74) is -0.863. The fourth-order valence-electron chi connectivity index (χ4n) is 3.33. The molecule has 0 spiro atoms. The van der Waals surface area contributed by atoms with Crippen LogP contribution in [0.1, 0.15) is 26.7 Å². The average molecular weight is 388 g/mol. The van der Waals surface area contributed by atoms with Crippen molar-refractivity contribution in [3.63, 3.8) is 0 Å². The summed E-state index contributed by atoms with van der Waals surface area (Å²) in [5, 5.41) is 8.19. The number of amides is 3. The summed E-state index contributed by atoms with van der Waals surface area (Å²) in [4.78, 5) is 29.8. The van der Waals surface area contributed by atoms with Gasteiger partial charge in [-0.1, -0.05) is 0 Å². The van der Waals surface area contributed by atoms with Crippen LogP contribution in [0.3, 0.4) is 0 Å². The Kier molecular flexibility index (Phi) is 6.45. The van der Waals surface area contributed by atoms with Crippen LogP contribution in [0.25, 0.3) is 0 Å². The maximum absolute atomic E-state index is 12.1. The summed E-state index contributed by atoms with van der Waals surface area (Å²) in [6.45, 7) is 5.47. The van der Waals surface area contributed by atoms with Gasteiger partial charge >= 0.3 is 6.03 Å². The summed E-state index contributed by atoms with van der Waals surface area (Å²) in [5.74, 6) is 0.536. The second kappa shape index (κ2) is 8.21. The number of aliphatic imine (C=N–C) groups is 1. The molecule has 0 aromatic heterocycles. The largest absolute Gasteiger partial charge is 0.355 e.